The van der Waals surface area contributed by atoms with E-state index in [0.717, 1.165) is 5.69 Å². The number of carboxylic acid groups (broad SMARTS) is 1. The van der Waals surface area contributed by atoms with Crippen LogP contribution in [0.15, 0.2) is 53.3 Å². The number of carbonyl (C=O) groups is 2. The number of aryl methyl sites for hydroxylation is 1. The van der Waals surface area contributed by atoms with Crippen LogP contribution in [0.2, 0.25) is 0 Å². The van der Waals surface area contributed by atoms with Gasteiger partial charge in [0.05, 0.1) is 22.5 Å². The van der Waals surface area contributed by atoms with Crippen molar-refractivity contribution < 1.29 is 14.7 Å². The lowest BCUT2D eigenvalue weighted by Crippen LogP contribution is -2.21. The van der Waals surface area contributed by atoms with Crippen molar-refractivity contribution in [1.82, 2.24) is 4.57 Å². The fourth-order valence-corrected chi connectivity index (χ4v) is 2.38. The minimum absolute atomic E-state index is 0.167. The summed E-state index contributed by atoms with van der Waals surface area (Å²) in [5, 5.41) is 14.5. The van der Waals surface area contributed by atoms with Gasteiger partial charge in [0.1, 0.15) is 0 Å². The highest BCUT2D eigenvalue weighted by Gasteiger charge is 2.28. The summed E-state index contributed by atoms with van der Waals surface area (Å²) >= 11 is 0. The van der Waals surface area contributed by atoms with Crippen LogP contribution in [0, 0.1) is 0 Å². The molecule has 0 aliphatic carbocycles. The molecule has 1 aliphatic heterocycles. The lowest BCUT2D eigenvalue weighted by molar-refractivity contribution is -0.114. The zero-order chi connectivity index (χ0) is 16.6. The number of nitrogens with zero attached hydrogens (tertiary/aromatic N) is 3. The maximum Gasteiger partial charge on any atom is 0.335 e. The third-order valence-corrected chi connectivity index (χ3v) is 3.70. The summed E-state index contributed by atoms with van der Waals surface area (Å²) in [6.07, 6.45) is 3.70. The van der Waals surface area contributed by atoms with E-state index in [9.17, 15) is 9.59 Å². The van der Waals surface area contributed by atoms with Crippen LogP contribution in [0.25, 0.3) is 6.08 Å². The van der Waals surface area contributed by atoms with E-state index < -0.39 is 5.97 Å². The van der Waals surface area contributed by atoms with Gasteiger partial charge in [-0.05, 0) is 49.4 Å². The van der Waals surface area contributed by atoms with Gasteiger partial charge in [-0.3, -0.25) is 4.79 Å². The molecular formula is C17H15N3O3. The van der Waals surface area contributed by atoms with Crippen LogP contribution < -0.4 is 5.01 Å². The first-order valence-corrected chi connectivity index (χ1v) is 7.04. The quantitative estimate of drug-likeness (QED) is 0.885. The molecule has 0 saturated carbocycles. The van der Waals surface area contributed by atoms with Crippen LogP contribution in [0.1, 0.15) is 23.0 Å². The number of aromatic carboxylic acids is 1. The molecule has 1 aromatic carbocycles. The first-order chi connectivity index (χ1) is 11.0. The van der Waals surface area contributed by atoms with Gasteiger partial charge < -0.3 is 9.67 Å². The number of hydrogen-bond acceptors (Lipinski definition) is 3. The largest absolute Gasteiger partial charge is 0.478 e. The molecule has 2 aromatic rings. The molecule has 1 amide bonds. The summed E-state index contributed by atoms with van der Waals surface area (Å²) in [6.45, 7) is 1.78. The third kappa shape index (κ3) is 2.66. The average molecular weight is 309 g/mol. The molecule has 1 aliphatic rings. The number of amides is 1. The van der Waals surface area contributed by atoms with Crippen LogP contribution in [-0.4, -0.2) is 27.3 Å². The summed E-state index contributed by atoms with van der Waals surface area (Å²) in [5.74, 6) is -1.24. The SMILES string of the molecule is CC1=NN(c2ccc(C(=O)O)cc2)C(=O)/C1=C\c1cccn1C. The Morgan fingerprint density at radius 2 is 1.91 bits per heavy atom. The summed E-state index contributed by atoms with van der Waals surface area (Å²) in [7, 11) is 1.90. The van der Waals surface area contributed by atoms with Gasteiger partial charge in [-0.25, -0.2) is 4.79 Å². The lowest BCUT2D eigenvalue weighted by atomic mass is 10.1. The van der Waals surface area contributed by atoms with Crippen LogP contribution in [-0.2, 0) is 11.8 Å². The maximum atomic E-state index is 12.6. The minimum atomic E-state index is -1.01. The number of carboxylic acids is 1. The van der Waals surface area contributed by atoms with Gasteiger partial charge in [0.15, 0.2) is 0 Å². The summed E-state index contributed by atoms with van der Waals surface area (Å²) in [6, 6.07) is 9.87. The highest BCUT2D eigenvalue weighted by molar-refractivity contribution is 6.32. The molecule has 6 nitrogen and oxygen atoms in total. The normalized spacial score (nSPS) is 16.1. The van der Waals surface area contributed by atoms with Gasteiger partial charge in [0, 0.05) is 18.9 Å². The van der Waals surface area contributed by atoms with E-state index in [1.54, 1.807) is 25.1 Å². The second-order valence-corrected chi connectivity index (χ2v) is 5.26. The van der Waals surface area contributed by atoms with Crippen molar-refractivity contribution in [1.29, 1.82) is 0 Å². The molecule has 0 atom stereocenters. The van der Waals surface area contributed by atoms with Crippen LogP contribution >= 0.6 is 0 Å². The van der Waals surface area contributed by atoms with E-state index in [0.29, 0.717) is 17.0 Å². The highest BCUT2D eigenvalue weighted by Crippen LogP contribution is 2.25. The number of hydrogen-bond donors (Lipinski definition) is 1. The molecule has 0 bridgehead atoms. The second-order valence-electron chi connectivity index (χ2n) is 5.26. The fraction of sp³-hybridized carbons (Fsp3) is 0.118. The van der Waals surface area contributed by atoms with E-state index in [2.05, 4.69) is 5.10 Å². The van der Waals surface area contributed by atoms with Gasteiger partial charge in [-0.2, -0.15) is 10.1 Å². The van der Waals surface area contributed by atoms with Gasteiger partial charge in [-0.1, -0.05) is 0 Å². The van der Waals surface area contributed by atoms with Crippen molar-refractivity contribution in [2.24, 2.45) is 12.1 Å². The number of carbonyl (C=O) groups excluding carboxylic acids is 1. The zero-order valence-corrected chi connectivity index (χ0v) is 12.7. The number of hydrazone groups is 1. The monoisotopic (exact) mass is 309 g/mol. The van der Waals surface area contributed by atoms with Gasteiger partial charge in [-0.15, -0.1) is 0 Å². The topological polar surface area (TPSA) is 74.9 Å². The number of rotatable bonds is 3. The van der Waals surface area contributed by atoms with Gasteiger partial charge in [0.25, 0.3) is 5.91 Å². The van der Waals surface area contributed by atoms with Crippen LogP contribution in [0.5, 0.6) is 0 Å². The Bertz CT molecular complexity index is 844. The van der Waals surface area contributed by atoms with Crippen molar-refractivity contribution in [3.05, 3.63) is 59.4 Å². The second kappa shape index (κ2) is 5.57. The van der Waals surface area contributed by atoms with E-state index >= 15 is 0 Å². The third-order valence-electron chi connectivity index (χ3n) is 3.70. The number of aromatic nitrogens is 1. The molecule has 0 spiro atoms. The molecule has 1 aromatic heterocycles. The summed E-state index contributed by atoms with van der Waals surface area (Å²) < 4.78 is 1.91. The van der Waals surface area contributed by atoms with E-state index in [1.165, 1.54) is 17.1 Å². The average Bonchev–Trinajstić information content (AvgIpc) is 3.06. The molecule has 6 heteroatoms. The minimum Gasteiger partial charge on any atom is -0.478 e. The van der Waals surface area contributed by atoms with Crippen molar-refractivity contribution in [2.45, 2.75) is 6.92 Å². The fourth-order valence-electron chi connectivity index (χ4n) is 2.38. The first kappa shape index (κ1) is 14.8. The van der Waals surface area contributed by atoms with Gasteiger partial charge >= 0.3 is 5.97 Å². The lowest BCUT2D eigenvalue weighted by Gasteiger charge is -2.11. The van der Waals surface area contributed by atoms with E-state index in [4.69, 9.17) is 5.11 Å². The predicted molar refractivity (Wildman–Crippen MR) is 87.4 cm³/mol. The molecule has 116 valence electrons. The maximum absolute atomic E-state index is 12.6. The Labute approximate surface area is 133 Å². The summed E-state index contributed by atoms with van der Waals surface area (Å²) in [4.78, 5) is 23.5. The smallest absolute Gasteiger partial charge is 0.335 e. The number of benzene rings is 1. The standard InChI is InChI=1S/C17H15N3O3/c1-11-15(10-14-4-3-9-19(14)2)16(21)20(18-11)13-7-5-12(6-8-13)17(22)23/h3-10H,1-2H3,(H,22,23)/b15-10-. The Balaban J connectivity index is 1.92. The Kier molecular flexibility index (Phi) is 3.57. The molecule has 2 heterocycles. The van der Waals surface area contributed by atoms with Crippen LogP contribution in [0.3, 0.4) is 0 Å². The van der Waals surface area contributed by atoms with Crippen molar-refractivity contribution in [2.75, 3.05) is 5.01 Å². The zero-order valence-electron chi connectivity index (χ0n) is 12.7. The predicted octanol–water partition coefficient (Wildman–Crippen LogP) is 2.53. The van der Waals surface area contributed by atoms with E-state index in [-0.39, 0.29) is 11.5 Å². The Morgan fingerprint density at radius 3 is 2.48 bits per heavy atom. The van der Waals surface area contributed by atoms with E-state index in [1.807, 2.05) is 29.9 Å². The molecule has 3 rings (SSSR count). The van der Waals surface area contributed by atoms with Gasteiger partial charge in [0.2, 0.25) is 0 Å². The molecule has 1 N–H and O–H groups in total. The Morgan fingerprint density at radius 1 is 1.22 bits per heavy atom. The van der Waals surface area contributed by atoms with Crippen molar-refractivity contribution in [3.8, 4) is 0 Å². The summed E-state index contributed by atoms with van der Waals surface area (Å²) in [5.41, 5.74) is 2.76. The molecule has 0 fully saturated rings. The molecule has 0 unspecified atom stereocenters. The first-order valence-electron chi connectivity index (χ1n) is 7.04. The Hall–Kier alpha value is -3.15. The molecular weight excluding hydrogens is 294 g/mol. The molecule has 0 saturated heterocycles. The van der Waals surface area contributed by atoms with Crippen LogP contribution in [0.4, 0.5) is 5.69 Å². The van der Waals surface area contributed by atoms with Crippen molar-refractivity contribution >= 4 is 29.4 Å². The molecule has 0 radical (unpaired) electrons. The van der Waals surface area contributed by atoms with Crippen molar-refractivity contribution in [3.63, 3.8) is 0 Å². The molecule has 23 heavy (non-hydrogen) atoms. The number of anilines is 1. The highest BCUT2D eigenvalue weighted by atomic mass is 16.4.